The second-order valence-electron chi connectivity index (χ2n) is 7.34. The van der Waals surface area contributed by atoms with E-state index in [-0.39, 0.29) is 24.0 Å². The molecule has 0 spiro atoms. The fraction of sp³-hybridized carbons (Fsp3) is 0.619. The third-order valence-electron chi connectivity index (χ3n) is 5.16. The Balaban J connectivity index is 0.00000320. The van der Waals surface area contributed by atoms with Gasteiger partial charge >= 0.3 is 0 Å². The lowest BCUT2D eigenvalue weighted by molar-refractivity contribution is 0.632. The number of anilines is 1. The maximum atomic E-state index is 4.70. The molecular weight excluding hydrogens is 491 g/mol. The molecule has 8 nitrogen and oxygen atoms in total. The summed E-state index contributed by atoms with van der Waals surface area (Å²) in [5.41, 5.74) is 1.12. The SMILES string of the molecule is CCNC(=NCc1ccc(N2CCCCCC2)nc1)NCCn1cnnc1CC.I. The highest BCUT2D eigenvalue weighted by atomic mass is 127. The van der Waals surface area contributed by atoms with Gasteiger partial charge in [0.15, 0.2) is 5.96 Å². The number of pyridine rings is 1. The topological polar surface area (TPSA) is 83.3 Å². The molecule has 0 radical (unpaired) electrons. The summed E-state index contributed by atoms with van der Waals surface area (Å²) in [6, 6.07) is 4.28. The van der Waals surface area contributed by atoms with Crippen molar-refractivity contribution >= 4 is 35.8 Å². The van der Waals surface area contributed by atoms with Gasteiger partial charge in [0.2, 0.25) is 0 Å². The first-order valence-corrected chi connectivity index (χ1v) is 10.9. The van der Waals surface area contributed by atoms with Crippen LogP contribution < -0.4 is 15.5 Å². The second kappa shape index (κ2) is 13.4. The van der Waals surface area contributed by atoms with Crippen molar-refractivity contribution in [3.05, 3.63) is 36.0 Å². The Labute approximate surface area is 197 Å². The number of halogens is 1. The lowest BCUT2D eigenvalue weighted by Gasteiger charge is -2.21. The van der Waals surface area contributed by atoms with E-state index in [0.29, 0.717) is 6.54 Å². The molecule has 1 fully saturated rings. The quantitative estimate of drug-likeness (QED) is 0.313. The van der Waals surface area contributed by atoms with Crippen molar-refractivity contribution in [2.45, 2.75) is 59.0 Å². The summed E-state index contributed by atoms with van der Waals surface area (Å²) in [5, 5.41) is 14.8. The molecule has 3 rings (SSSR count). The standard InChI is InChI=1S/C21H34N8.HI/c1-3-19-27-26-17-29(19)14-11-23-21(22-4-2)25-16-18-9-10-20(24-15-18)28-12-7-5-6-8-13-28;/h9-10,15,17H,3-8,11-14,16H2,1-2H3,(H2,22,23,25);1H. The van der Waals surface area contributed by atoms with Gasteiger partial charge in [-0.1, -0.05) is 25.8 Å². The van der Waals surface area contributed by atoms with E-state index in [2.05, 4.69) is 61.3 Å². The molecule has 1 aliphatic heterocycles. The Morgan fingerprint density at radius 3 is 2.57 bits per heavy atom. The first-order valence-electron chi connectivity index (χ1n) is 10.9. The van der Waals surface area contributed by atoms with Crippen LogP contribution in [0.4, 0.5) is 5.82 Å². The third kappa shape index (κ3) is 7.41. The van der Waals surface area contributed by atoms with Crippen molar-refractivity contribution in [2.24, 2.45) is 4.99 Å². The largest absolute Gasteiger partial charge is 0.357 e. The second-order valence-corrected chi connectivity index (χ2v) is 7.34. The van der Waals surface area contributed by atoms with Gasteiger partial charge in [-0.2, -0.15) is 0 Å². The zero-order chi connectivity index (χ0) is 20.3. The van der Waals surface area contributed by atoms with E-state index in [4.69, 9.17) is 4.99 Å². The maximum absolute atomic E-state index is 4.70. The van der Waals surface area contributed by atoms with Crippen molar-refractivity contribution < 1.29 is 0 Å². The summed E-state index contributed by atoms with van der Waals surface area (Å²) in [6.07, 6.45) is 9.82. The highest BCUT2D eigenvalue weighted by Gasteiger charge is 2.10. The summed E-state index contributed by atoms with van der Waals surface area (Å²) >= 11 is 0. The smallest absolute Gasteiger partial charge is 0.191 e. The van der Waals surface area contributed by atoms with E-state index >= 15 is 0 Å². The van der Waals surface area contributed by atoms with Crippen LogP contribution in [0.25, 0.3) is 0 Å². The van der Waals surface area contributed by atoms with Crippen LogP contribution in [0.2, 0.25) is 0 Å². The number of aromatic nitrogens is 4. The van der Waals surface area contributed by atoms with E-state index in [1.165, 1.54) is 25.7 Å². The molecule has 0 amide bonds. The maximum Gasteiger partial charge on any atom is 0.191 e. The van der Waals surface area contributed by atoms with Crippen LogP contribution in [-0.2, 0) is 19.5 Å². The van der Waals surface area contributed by atoms with Crippen molar-refractivity contribution in [2.75, 3.05) is 31.1 Å². The molecule has 2 aromatic heterocycles. The summed E-state index contributed by atoms with van der Waals surface area (Å²) in [7, 11) is 0. The molecule has 0 saturated carbocycles. The minimum atomic E-state index is 0. The number of rotatable bonds is 8. The zero-order valence-electron chi connectivity index (χ0n) is 18.2. The predicted molar refractivity (Wildman–Crippen MR) is 133 cm³/mol. The number of guanidine groups is 1. The van der Waals surface area contributed by atoms with E-state index in [1.807, 2.05) is 6.20 Å². The Morgan fingerprint density at radius 1 is 1.10 bits per heavy atom. The third-order valence-corrected chi connectivity index (χ3v) is 5.16. The number of hydrogen-bond donors (Lipinski definition) is 2. The fourth-order valence-corrected chi connectivity index (χ4v) is 3.54. The average molecular weight is 526 g/mol. The van der Waals surface area contributed by atoms with Crippen LogP contribution in [0.5, 0.6) is 0 Å². The van der Waals surface area contributed by atoms with E-state index in [1.54, 1.807) is 6.33 Å². The molecule has 2 N–H and O–H groups in total. The summed E-state index contributed by atoms with van der Waals surface area (Å²) in [4.78, 5) is 11.8. The molecule has 3 heterocycles. The van der Waals surface area contributed by atoms with Crippen molar-refractivity contribution in [1.29, 1.82) is 0 Å². The van der Waals surface area contributed by atoms with Crippen LogP contribution in [0.1, 0.15) is 50.9 Å². The lowest BCUT2D eigenvalue weighted by Crippen LogP contribution is -2.38. The molecule has 9 heteroatoms. The van der Waals surface area contributed by atoms with E-state index in [0.717, 1.165) is 62.3 Å². The monoisotopic (exact) mass is 526 g/mol. The normalized spacial score (nSPS) is 14.7. The molecule has 1 saturated heterocycles. The van der Waals surface area contributed by atoms with Crippen molar-refractivity contribution in [3.63, 3.8) is 0 Å². The molecule has 30 heavy (non-hydrogen) atoms. The summed E-state index contributed by atoms with van der Waals surface area (Å²) in [5.74, 6) is 2.91. The van der Waals surface area contributed by atoms with Gasteiger partial charge in [0.1, 0.15) is 18.0 Å². The van der Waals surface area contributed by atoms with Crippen LogP contribution in [-0.4, -0.2) is 51.9 Å². The van der Waals surface area contributed by atoms with Gasteiger partial charge in [-0.25, -0.2) is 9.98 Å². The Bertz CT molecular complexity index is 751. The highest BCUT2D eigenvalue weighted by Crippen LogP contribution is 2.17. The minimum absolute atomic E-state index is 0. The van der Waals surface area contributed by atoms with Crippen molar-refractivity contribution in [1.82, 2.24) is 30.4 Å². The number of aryl methyl sites for hydroxylation is 1. The Hall–Kier alpha value is -1.91. The number of nitrogens with zero attached hydrogens (tertiary/aromatic N) is 6. The molecule has 0 bridgehead atoms. The van der Waals surface area contributed by atoms with E-state index in [9.17, 15) is 0 Å². The highest BCUT2D eigenvalue weighted by molar-refractivity contribution is 14.0. The summed E-state index contributed by atoms with van der Waals surface area (Å²) in [6.45, 7) is 9.40. The van der Waals surface area contributed by atoms with Crippen LogP contribution in [0, 0.1) is 0 Å². The number of aliphatic imine (C=N–C) groups is 1. The number of hydrogen-bond acceptors (Lipinski definition) is 5. The minimum Gasteiger partial charge on any atom is -0.357 e. The van der Waals surface area contributed by atoms with Crippen molar-refractivity contribution in [3.8, 4) is 0 Å². The zero-order valence-corrected chi connectivity index (χ0v) is 20.5. The van der Waals surface area contributed by atoms with Gasteiger partial charge in [-0.15, -0.1) is 34.2 Å². The molecular formula is C21H35IN8. The van der Waals surface area contributed by atoms with Gasteiger partial charge < -0.3 is 20.1 Å². The number of nitrogens with one attached hydrogen (secondary N) is 2. The van der Waals surface area contributed by atoms with Crippen LogP contribution in [0.3, 0.4) is 0 Å². The van der Waals surface area contributed by atoms with Gasteiger partial charge in [0.05, 0.1) is 6.54 Å². The molecule has 1 aliphatic rings. The molecule has 0 atom stereocenters. The molecule has 2 aromatic rings. The average Bonchev–Trinajstić information content (AvgIpc) is 3.03. The van der Waals surface area contributed by atoms with E-state index < -0.39 is 0 Å². The molecule has 0 aliphatic carbocycles. The summed E-state index contributed by atoms with van der Waals surface area (Å²) < 4.78 is 2.07. The fourth-order valence-electron chi connectivity index (χ4n) is 3.54. The molecule has 166 valence electrons. The first-order chi connectivity index (χ1) is 14.3. The molecule has 0 unspecified atom stereocenters. The van der Waals surface area contributed by atoms with Gasteiger partial charge in [0.25, 0.3) is 0 Å². The van der Waals surface area contributed by atoms with Gasteiger partial charge in [-0.3, -0.25) is 0 Å². The lowest BCUT2D eigenvalue weighted by atomic mass is 10.2. The Kier molecular flexibility index (Phi) is 10.9. The van der Waals surface area contributed by atoms with Crippen LogP contribution in [0.15, 0.2) is 29.6 Å². The van der Waals surface area contributed by atoms with Gasteiger partial charge in [0, 0.05) is 45.3 Å². The first kappa shape index (κ1) is 24.4. The van der Waals surface area contributed by atoms with Gasteiger partial charge in [-0.05, 0) is 31.4 Å². The predicted octanol–water partition coefficient (Wildman–Crippen LogP) is 2.99. The molecule has 0 aromatic carbocycles. The van der Waals surface area contributed by atoms with Crippen LogP contribution >= 0.6 is 24.0 Å². The Morgan fingerprint density at radius 2 is 1.90 bits per heavy atom.